The minimum absolute atomic E-state index is 0.119. The van der Waals surface area contributed by atoms with Crippen LogP contribution in [-0.2, 0) is 9.53 Å². The Balaban J connectivity index is 2.62. The number of thioether (sulfide) groups is 1. The maximum absolute atomic E-state index is 11.1. The van der Waals surface area contributed by atoms with Crippen LogP contribution in [0.5, 0.6) is 0 Å². The summed E-state index contributed by atoms with van der Waals surface area (Å²) in [6, 6.07) is 5.35. The Kier molecular flexibility index (Phi) is 4.96. The monoisotopic (exact) mass is 259 g/mol. The van der Waals surface area contributed by atoms with Gasteiger partial charge in [-0.05, 0) is 18.2 Å². The van der Waals surface area contributed by atoms with Gasteiger partial charge in [0.15, 0.2) is 0 Å². The molecule has 88 valence electrons. The summed E-state index contributed by atoms with van der Waals surface area (Å²) in [5, 5.41) is 0.732. The maximum Gasteiger partial charge on any atom is 0.306 e. The Morgan fingerprint density at radius 1 is 1.62 bits per heavy atom. The molecule has 2 N–H and O–H groups in total. The third kappa shape index (κ3) is 3.94. The van der Waals surface area contributed by atoms with Crippen LogP contribution < -0.4 is 5.73 Å². The number of carbonyl (C=O) groups excluding carboxylic acids is 1. The van der Waals surface area contributed by atoms with E-state index in [0.717, 1.165) is 4.90 Å². The Bertz CT molecular complexity index is 384. The zero-order valence-electron chi connectivity index (χ0n) is 9.20. The van der Waals surface area contributed by atoms with Gasteiger partial charge in [0.25, 0.3) is 0 Å². The van der Waals surface area contributed by atoms with E-state index in [1.165, 1.54) is 18.9 Å². The largest absolute Gasteiger partial charge is 0.469 e. The van der Waals surface area contributed by atoms with Crippen molar-refractivity contribution in [2.45, 2.75) is 23.5 Å². The number of rotatable bonds is 4. The Labute approximate surface area is 104 Å². The van der Waals surface area contributed by atoms with E-state index in [9.17, 15) is 4.79 Å². The minimum atomic E-state index is -0.216. The molecule has 0 aliphatic heterocycles. The first-order valence-electron chi connectivity index (χ1n) is 4.81. The first-order valence-corrected chi connectivity index (χ1v) is 6.07. The van der Waals surface area contributed by atoms with Crippen LogP contribution >= 0.6 is 23.4 Å². The molecule has 0 saturated carbocycles. The molecule has 0 aliphatic rings. The number of nitrogen functional groups attached to an aromatic ring is 1. The van der Waals surface area contributed by atoms with Crippen LogP contribution in [0.25, 0.3) is 0 Å². The summed E-state index contributed by atoms with van der Waals surface area (Å²) in [6.07, 6.45) is 0.363. The van der Waals surface area contributed by atoms with Gasteiger partial charge in [0.05, 0.1) is 18.6 Å². The highest BCUT2D eigenvalue weighted by Gasteiger charge is 2.12. The molecule has 1 unspecified atom stereocenters. The lowest BCUT2D eigenvalue weighted by Crippen LogP contribution is -2.08. The van der Waals surface area contributed by atoms with Gasteiger partial charge in [0, 0.05) is 15.8 Å². The molecule has 16 heavy (non-hydrogen) atoms. The topological polar surface area (TPSA) is 52.3 Å². The second-order valence-electron chi connectivity index (χ2n) is 3.40. The van der Waals surface area contributed by atoms with Gasteiger partial charge >= 0.3 is 5.97 Å². The third-order valence-electron chi connectivity index (χ3n) is 1.97. The van der Waals surface area contributed by atoms with Crippen molar-refractivity contribution >= 4 is 35.0 Å². The van der Waals surface area contributed by atoms with Gasteiger partial charge in [-0.2, -0.15) is 0 Å². The smallest absolute Gasteiger partial charge is 0.306 e. The molecule has 1 rings (SSSR count). The maximum atomic E-state index is 11.1. The van der Waals surface area contributed by atoms with Crippen LogP contribution in [0.15, 0.2) is 23.1 Å². The van der Waals surface area contributed by atoms with Crippen molar-refractivity contribution in [2.75, 3.05) is 12.8 Å². The van der Waals surface area contributed by atoms with E-state index in [1.54, 1.807) is 12.1 Å². The molecular formula is C11H14ClNO2S. The first-order chi connectivity index (χ1) is 7.52. The second-order valence-corrected chi connectivity index (χ2v) is 5.29. The highest BCUT2D eigenvalue weighted by atomic mass is 35.5. The summed E-state index contributed by atoms with van der Waals surface area (Å²) < 4.78 is 4.60. The van der Waals surface area contributed by atoms with Gasteiger partial charge in [-0.25, -0.2) is 0 Å². The van der Waals surface area contributed by atoms with Crippen LogP contribution in [0, 0.1) is 0 Å². The van der Waals surface area contributed by atoms with E-state index >= 15 is 0 Å². The Morgan fingerprint density at radius 3 is 2.88 bits per heavy atom. The van der Waals surface area contributed by atoms with Crippen molar-refractivity contribution in [2.24, 2.45) is 0 Å². The predicted molar refractivity (Wildman–Crippen MR) is 67.8 cm³/mol. The third-order valence-corrected chi connectivity index (χ3v) is 3.57. The molecule has 0 aromatic heterocycles. The zero-order chi connectivity index (χ0) is 12.1. The number of anilines is 1. The fourth-order valence-electron chi connectivity index (χ4n) is 1.19. The summed E-state index contributed by atoms with van der Waals surface area (Å²) in [5.74, 6) is -0.216. The molecule has 0 bridgehead atoms. The number of nitrogens with two attached hydrogens (primary N) is 1. The average Bonchev–Trinajstić information content (AvgIpc) is 2.22. The molecule has 3 nitrogen and oxygen atoms in total. The summed E-state index contributed by atoms with van der Waals surface area (Å²) in [4.78, 5) is 12.0. The molecule has 1 atom stereocenters. The molecule has 0 saturated heterocycles. The van der Waals surface area contributed by atoms with Gasteiger partial charge in [-0.3, -0.25) is 4.79 Å². The van der Waals surface area contributed by atoms with Crippen LogP contribution in [0.3, 0.4) is 0 Å². The fraction of sp³-hybridized carbons (Fsp3) is 0.364. The molecule has 0 heterocycles. The molecular weight excluding hydrogens is 246 g/mol. The molecule has 1 aromatic carbocycles. The van der Waals surface area contributed by atoms with Crippen LogP contribution in [0.1, 0.15) is 13.3 Å². The van der Waals surface area contributed by atoms with E-state index in [2.05, 4.69) is 4.74 Å². The number of benzene rings is 1. The Morgan fingerprint density at radius 2 is 2.31 bits per heavy atom. The first kappa shape index (κ1) is 13.2. The number of hydrogen-bond acceptors (Lipinski definition) is 4. The number of hydrogen-bond donors (Lipinski definition) is 1. The van der Waals surface area contributed by atoms with Crippen LogP contribution in [0.2, 0.25) is 5.02 Å². The SMILES string of the molecule is COC(=O)CC(C)Sc1ccc(N)cc1Cl. The molecule has 0 fully saturated rings. The number of esters is 1. The quantitative estimate of drug-likeness (QED) is 0.513. The molecule has 5 heteroatoms. The van der Waals surface area contributed by atoms with Gasteiger partial charge < -0.3 is 10.5 Å². The zero-order valence-corrected chi connectivity index (χ0v) is 10.8. The van der Waals surface area contributed by atoms with E-state index in [-0.39, 0.29) is 11.2 Å². The molecule has 0 aliphatic carbocycles. The lowest BCUT2D eigenvalue weighted by atomic mass is 10.3. The van der Waals surface area contributed by atoms with Crippen LogP contribution in [-0.4, -0.2) is 18.3 Å². The molecule has 0 radical (unpaired) electrons. The molecule has 1 aromatic rings. The van der Waals surface area contributed by atoms with Crippen LogP contribution in [0.4, 0.5) is 5.69 Å². The number of halogens is 1. The molecule has 0 amide bonds. The predicted octanol–water partition coefficient (Wildman–Crippen LogP) is 2.97. The van der Waals surface area contributed by atoms with Crippen molar-refractivity contribution in [1.82, 2.24) is 0 Å². The fourth-order valence-corrected chi connectivity index (χ4v) is 2.48. The van der Waals surface area contributed by atoms with Gasteiger partial charge in [-0.1, -0.05) is 18.5 Å². The van der Waals surface area contributed by atoms with E-state index in [1.807, 2.05) is 13.0 Å². The number of methoxy groups -OCH3 is 1. The highest BCUT2D eigenvalue weighted by molar-refractivity contribution is 8.00. The Hall–Kier alpha value is -0.870. The lowest BCUT2D eigenvalue weighted by Gasteiger charge is -2.11. The normalized spacial score (nSPS) is 12.2. The summed E-state index contributed by atoms with van der Waals surface area (Å²) in [6.45, 7) is 1.95. The van der Waals surface area contributed by atoms with Crippen molar-refractivity contribution in [3.63, 3.8) is 0 Å². The lowest BCUT2D eigenvalue weighted by molar-refractivity contribution is -0.140. The standard InChI is InChI=1S/C11H14ClNO2S/c1-7(5-11(14)15-2)16-10-4-3-8(13)6-9(10)12/h3-4,6-7H,5,13H2,1-2H3. The highest BCUT2D eigenvalue weighted by Crippen LogP contribution is 2.32. The van der Waals surface area contributed by atoms with Crippen molar-refractivity contribution in [1.29, 1.82) is 0 Å². The van der Waals surface area contributed by atoms with E-state index < -0.39 is 0 Å². The number of carbonyl (C=O) groups is 1. The van der Waals surface area contributed by atoms with Gasteiger partial charge in [0.2, 0.25) is 0 Å². The molecule has 0 spiro atoms. The van der Waals surface area contributed by atoms with Gasteiger partial charge in [-0.15, -0.1) is 11.8 Å². The number of ether oxygens (including phenoxy) is 1. The summed E-state index contributed by atoms with van der Waals surface area (Å²) >= 11 is 7.56. The summed E-state index contributed by atoms with van der Waals surface area (Å²) in [7, 11) is 1.38. The van der Waals surface area contributed by atoms with Gasteiger partial charge in [0.1, 0.15) is 0 Å². The second kappa shape index (κ2) is 6.01. The average molecular weight is 260 g/mol. The van der Waals surface area contributed by atoms with Crippen molar-refractivity contribution in [3.05, 3.63) is 23.2 Å². The minimum Gasteiger partial charge on any atom is -0.469 e. The summed E-state index contributed by atoms with van der Waals surface area (Å²) in [5.41, 5.74) is 6.23. The van der Waals surface area contributed by atoms with E-state index in [0.29, 0.717) is 17.1 Å². The van der Waals surface area contributed by atoms with Crippen molar-refractivity contribution in [3.8, 4) is 0 Å². The van der Waals surface area contributed by atoms with E-state index in [4.69, 9.17) is 17.3 Å². The van der Waals surface area contributed by atoms with Crippen molar-refractivity contribution < 1.29 is 9.53 Å².